The van der Waals surface area contributed by atoms with Gasteiger partial charge in [0.15, 0.2) is 17.1 Å². The number of nitrogens with zero attached hydrogens (tertiary/aromatic N) is 3. The number of carboxylic acid groups (broad SMARTS) is 1. The number of hydrogen-bond acceptors (Lipinski definition) is 5. The molecule has 0 radical (unpaired) electrons. The van der Waals surface area contributed by atoms with Gasteiger partial charge in [-0.25, -0.2) is 9.37 Å². The maximum atomic E-state index is 14.8. The van der Waals surface area contributed by atoms with Crippen LogP contribution in [0.1, 0.15) is 16.2 Å². The van der Waals surface area contributed by atoms with Gasteiger partial charge < -0.3 is 20.1 Å². The number of carbonyl (C=O) groups is 2. The summed E-state index contributed by atoms with van der Waals surface area (Å²) in [6.07, 6.45) is 0. The Morgan fingerprint density at radius 2 is 1.82 bits per heavy atom. The van der Waals surface area contributed by atoms with Gasteiger partial charge in [-0.3, -0.25) is 9.59 Å². The molecule has 0 saturated carbocycles. The van der Waals surface area contributed by atoms with Crippen molar-refractivity contribution in [2.45, 2.75) is 0 Å². The molecule has 3 N–H and O–H groups in total. The van der Waals surface area contributed by atoms with Crippen molar-refractivity contribution in [3.63, 3.8) is 0 Å². The zero-order valence-corrected chi connectivity index (χ0v) is 18.3. The molecule has 0 spiro atoms. The number of rotatable bonds is 5. The minimum atomic E-state index is -1.29. The molecule has 0 atom stereocenters. The lowest BCUT2D eigenvalue weighted by molar-refractivity contribution is -0.135. The number of para-hydroxylation sites is 1. The van der Waals surface area contributed by atoms with Gasteiger partial charge in [0.05, 0.1) is 21.1 Å². The predicted molar refractivity (Wildman–Crippen MR) is 121 cm³/mol. The van der Waals surface area contributed by atoms with Crippen molar-refractivity contribution >= 4 is 38.7 Å². The number of nitrogens with one attached hydrogen (secondary N) is 1. The third-order valence-corrected chi connectivity index (χ3v) is 5.66. The zero-order valence-electron chi connectivity index (χ0n) is 16.7. The van der Waals surface area contributed by atoms with Crippen LogP contribution in [0.3, 0.4) is 0 Å². The highest BCUT2D eigenvalue weighted by Crippen LogP contribution is 2.45. The second kappa shape index (κ2) is 8.72. The Balaban J connectivity index is 2.12. The van der Waals surface area contributed by atoms with Crippen LogP contribution >= 0.6 is 15.9 Å². The van der Waals surface area contributed by atoms with Crippen LogP contribution in [0.4, 0.5) is 4.39 Å². The van der Waals surface area contributed by atoms with E-state index in [0.29, 0.717) is 11.4 Å². The van der Waals surface area contributed by atoms with Gasteiger partial charge in [0.25, 0.3) is 5.91 Å². The Kier molecular flexibility index (Phi) is 5.81. The van der Waals surface area contributed by atoms with Crippen molar-refractivity contribution in [2.24, 2.45) is 0 Å². The highest BCUT2D eigenvalue weighted by atomic mass is 79.9. The summed E-state index contributed by atoms with van der Waals surface area (Å²) >= 11 is 3.42. The SMILES string of the molecule is N#Cc1nc(C(=O)NCC(=O)O)c(O)c2c(Br)c(-c3ccccc3F)n(-c3ccccc3)c12. The molecular weight excluding hydrogens is 495 g/mol. The number of aliphatic carboxylic acids is 1. The summed E-state index contributed by atoms with van der Waals surface area (Å²) < 4.78 is 16.7. The van der Waals surface area contributed by atoms with Crippen LogP contribution in [-0.2, 0) is 4.79 Å². The largest absolute Gasteiger partial charge is 0.505 e. The number of aromatic hydroxyl groups is 1. The number of fused-ring (bicyclic) bond motifs is 1. The molecule has 2 aromatic heterocycles. The summed E-state index contributed by atoms with van der Waals surface area (Å²) in [5, 5.41) is 31.8. The second-order valence-electron chi connectivity index (χ2n) is 6.88. The number of hydrogen-bond donors (Lipinski definition) is 3. The maximum absolute atomic E-state index is 14.8. The Morgan fingerprint density at radius 1 is 1.15 bits per heavy atom. The standard InChI is InChI=1S/C23H14BrFN4O4/c24-18-17-21(15(10-26)28-19(22(17)32)23(33)27-11-16(30)31)29(12-6-2-1-3-7-12)20(18)13-8-4-5-9-14(13)25/h1-9,32H,11H2,(H,27,33)(H,30,31). The number of nitriles is 1. The average molecular weight is 509 g/mol. The minimum absolute atomic E-state index is 0.0594. The first-order valence-electron chi connectivity index (χ1n) is 9.52. The molecule has 8 nitrogen and oxygen atoms in total. The van der Waals surface area contributed by atoms with E-state index in [2.05, 4.69) is 26.2 Å². The molecule has 164 valence electrons. The van der Waals surface area contributed by atoms with E-state index in [4.69, 9.17) is 5.11 Å². The summed E-state index contributed by atoms with van der Waals surface area (Å²) in [7, 11) is 0. The third kappa shape index (κ3) is 3.79. The number of aromatic nitrogens is 2. The molecule has 33 heavy (non-hydrogen) atoms. The minimum Gasteiger partial charge on any atom is -0.505 e. The van der Waals surface area contributed by atoms with Crippen LogP contribution in [0.5, 0.6) is 5.75 Å². The van der Waals surface area contributed by atoms with Crippen molar-refractivity contribution in [1.82, 2.24) is 14.9 Å². The van der Waals surface area contributed by atoms with Gasteiger partial charge in [-0.1, -0.05) is 30.3 Å². The van der Waals surface area contributed by atoms with Crippen LogP contribution in [0.15, 0.2) is 59.1 Å². The van der Waals surface area contributed by atoms with Crippen molar-refractivity contribution in [1.29, 1.82) is 5.26 Å². The van der Waals surface area contributed by atoms with E-state index in [9.17, 15) is 24.3 Å². The van der Waals surface area contributed by atoms with E-state index < -0.39 is 35.7 Å². The maximum Gasteiger partial charge on any atom is 0.322 e. The fraction of sp³-hybridized carbons (Fsp3) is 0.0435. The van der Waals surface area contributed by atoms with E-state index in [1.165, 1.54) is 12.1 Å². The number of amides is 1. The van der Waals surface area contributed by atoms with Crippen molar-refractivity contribution < 1.29 is 24.2 Å². The van der Waals surface area contributed by atoms with Gasteiger partial charge in [-0.15, -0.1) is 0 Å². The number of carboxylic acids is 1. The van der Waals surface area contributed by atoms with Gasteiger partial charge in [-0.05, 0) is 40.2 Å². The van der Waals surface area contributed by atoms with Gasteiger partial charge in [-0.2, -0.15) is 5.26 Å². The van der Waals surface area contributed by atoms with Crippen LogP contribution < -0.4 is 5.32 Å². The number of pyridine rings is 1. The highest BCUT2D eigenvalue weighted by Gasteiger charge is 2.29. The molecule has 10 heteroatoms. The normalized spacial score (nSPS) is 10.7. The van der Waals surface area contributed by atoms with Crippen molar-refractivity contribution in [2.75, 3.05) is 6.54 Å². The van der Waals surface area contributed by atoms with Gasteiger partial charge in [0, 0.05) is 11.3 Å². The van der Waals surface area contributed by atoms with Crippen molar-refractivity contribution in [3.8, 4) is 28.8 Å². The summed E-state index contributed by atoms with van der Waals surface area (Å²) in [5.74, 6) is -3.38. The molecule has 0 fully saturated rings. The average Bonchev–Trinajstić information content (AvgIpc) is 3.12. The third-order valence-electron chi connectivity index (χ3n) is 4.88. The first-order valence-corrected chi connectivity index (χ1v) is 10.3. The van der Waals surface area contributed by atoms with E-state index in [1.54, 1.807) is 47.0 Å². The summed E-state index contributed by atoms with van der Waals surface area (Å²) in [6.45, 7) is -0.702. The molecular formula is C23H14BrFN4O4. The molecule has 0 aliphatic rings. The Bertz CT molecular complexity index is 1460. The lowest BCUT2D eigenvalue weighted by atomic mass is 10.1. The number of benzene rings is 2. The monoisotopic (exact) mass is 508 g/mol. The fourth-order valence-corrected chi connectivity index (χ4v) is 4.29. The molecule has 4 rings (SSSR count). The molecule has 0 saturated heterocycles. The van der Waals surface area contributed by atoms with Gasteiger partial charge in [0.2, 0.25) is 0 Å². The van der Waals surface area contributed by atoms with Crippen LogP contribution in [0, 0.1) is 17.1 Å². The molecule has 4 aromatic rings. The Morgan fingerprint density at radius 3 is 2.45 bits per heavy atom. The van der Waals surface area contributed by atoms with E-state index in [0.717, 1.165) is 0 Å². The number of carbonyl (C=O) groups excluding carboxylic acids is 1. The van der Waals surface area contributed by atoms with Crippen LogP contribution in [0.25, 0.3) is 27.8 Å². The molecule has 2 aromatic carbocycles. The van der Waals surface area contributed by atoms with E-state index >= 15 is 0 Å². The molecule has 1 amide bonds. The Labute approximate surface area is 194 Å². The zero-order chi connectivity index (χ0) is 23.7. The lowest BCUT2D eigenvalue weighted by Gasteiger charge is -2.13. The van der Waals surface area contributed by atoms with Crippen LogP contribution in [0.2, 0.25) is 0 Å². The van der Waals surface area contributed by atoms with Crippen LogP contribution in [-0.4, -0.2) is 38.2 Å². The van der Waals surface area contributed by atoms with Gasteiger partial charge in [0.1, 0.15) is 18.4 Å². The lowest BCUT2D eigenvalue weighted by Crippen LogP contribution is -2.30. The molecule has 2 heterocycles. The summed E-state index contributed by atoms with van der Waals surface area (Å²) in [6, 6.07) is 16.7. The van der Waals surface area contributed by atoms with Gasteiger partial charge >= 0.3 is 5.97 Å². The summed E-state index contributed by atoms with van der Waals surface area (Å²) in [5.41, 5.74) is 0.464. The van der Waals surface area contributed by atoms with E-state index in [-0.39, 0.29) is 26.6 Å². The number of halogens is 2. The molecule has 0 aliphatic carbocycles. The Hall–Kier alpha value is -4.23. The smallest absolute Gasteiger partial charge is 0.322 e. The first-order chi connectivity index (χ1) is 15.8. The fourth-order valence-electron chi connectivity index (χ4n) is 3.52. The quantitative estimate of drug-likeness (QED) is 0.374. The molecule has 0 bridgehead atoms. The van der Waals surface area contributed by atoms with Crippen molar-refractivity contribution in [3.05, 3.63) is 76.3 Å². The molecule has 0 unspecified atom stereocenters. The predicted octanol–water partition coefficient (Wildman–Crippen LogP) is 3.99. The topological polar surface area (TPSA) is 128 Å². The second-order valence-corrected chi connectivity index (χ2v) is 7.68. The summed E-state index contributed by atoms with van der Waals surface area (Å²) in [4.78, 5) is 27.3. The van der Waals surface area contributed by atoms with E-state index in [1.807, 2.05) is 6.07 Å². The molecule has 0 aliphatic heterocycles. The highest BCUT2D eigenvalue weighted by molar-refractivity contribution is 9.10. The first kappa shape index (κ1) is 22.0.